The lowest BCUT2D eigenvalue weighted by molar-refractivity contribution is -0.141. The van der Waals surface area contributed by atoms with Gasteiger partial charge in [0.1, 0.15) is 6.54 Å². The Morgan fingerprint density at radius 3 is 2.50 bits per heavy atom. The fourth-order valence-corrected chi connectivity index (χ4v) is 4.07. The third-order valence-electron chi connectivity index (χ3n) is 3.79. The van der Waals surface area contributed by atoms with Gasteiger partial charge in [-0.25, -0.2) is 8.42 Å². The van der Waals surface area contributed by atoms with E-state index in [-0.39, 0.29) is 11.5 Å². The summed E-state index contributed by atoms with van der Waals surface area (Å²) in [7, 11) is -3.97. The molecule has 6 nitrogen and oxygen atoms in total. The molecule has 0 amide bonds. The van der Waals surface area contributed by atoms with Crippen LogP contribution in [-0.2, 0) is 19.6 Å². The van der Waals surface area contributed by atoms with E-state index in [9.17, 15) is 13.2 Å². The molecule has 3 rings (SSSR count). The highest BCUT2D eigenvalue weighted by molar-refractivity contribution is 7.92. The van der Waals surface area contributed by atoms with Crippen LogP contribution in [0.4, 0.5) is 5.69 Å². The van der Waals surface area contributed by atoms with E-state index in [1.54, 1.807) is 49.5 Å². The standard InChI is InChI=1S/C19H18N2O4S/c1-2-25-18(22)14-21(26(23,24)16-10-4-3-5-11-16)17-12-6-8-15-9-7-13-20-19(15)17/h3-13H,2,14H2,1H3. The summed E-state index contributed by atoms with van der Waals surface area (Å²) in [5.41, 5.74) is 0.832. The number of carbonyl (C=O) groups excluding carboxylic acids is 1. The minimum Gasteiger partial charge on any atom is -0.465 e. The van der Waals surface area contributed by atoms with E-state index >= 15 is 0 Å². The minimum atomic E-state index is -3.97. The maximum absolute atomic E-state index is 13.2. The molecule has 3 aromatic rings. The highest BCUT2D eigenvalue weighted by atomic mass is 32.2. The molecule has 0 fully saturated rings. The van der Waals surface area contributed by atoms with Crippen molar-refractivity contribution in [3.8, 4) is 0 Å². The molecule has 7 heteroatoms. The first-order valence-electron chi connectivity index (χ1n) is 8.11. The summed E-state index contributed by atoms with van der Waals surface area (Å²) in [5.74, 6) is -0.625. The number of rotatable bonds is 6. The van der Waals surface area contributed by atoms with Crippen molar-refractivity contribution in [1.82, 2.24) is 4.98 Å². The van der Waals surface area contributed by atoms with Crippen LogP contribution >= 0.6 is 0 Å². The number of nitrogens with zero attached hydrogens (tertiary/aromatic N) is 2. The van der Waals surface area contributed by atoms with Crippen molar-refractivity contribution < 1.29 is 17.9 Å². The monoisotopic (exact) mass is 370 g/mol. The van der Waals surface area contributed by atoms with E-state index in [1.807, 2.05) is 12.1 Å². The van der Waals surface area contributed by atoms with Crippen LogP contribution in [0.2, 0.25) is 0 Å². The summed E-state index contributed by atoms with van der Waals surface area (Å²) in [4.78, 5) is 16.5. The van der Waals surface area contributed by atoms with Gasteiger partial charge in [0.15, 0.2) is 0 Å². The normalized spacial score (nSPS) is 11.3. The average Bonchev–Trinajstić information content (AvgIpc) is 2.66. The van der Waals surface area contributed by atoms with Crippen LogP contribution in [-0.4, -0.2) is 32.5 Å². The molecular weight excluding hydrogens is 352 g/mol. The number of ether oxygens (including phenoxy) is 1. The molecule has 2 aromatic carbocycles. The van der Waals surface area contributed by atoms with Gasteiger partial charge in [-0.1, -0.05) is 36.4 Å². The predicted octanol–water partition coefficient (Wildman–Crippen LogP) is 2.99. The number of carbonyl (C=O) groups is 1. The largest absolute Gasteiger partial charge is 0.465 e. The molecule has 26 heavy (non-hydrogen) atoms. The van der Waals surface area contributed by atoms with E-state index in [0.717, 1.165) is 9.69 Å². The maximum Gasteiger partial charge on any atom is 0.326 e. The molecule has 0 aliphatic heterocycles. The molecule has 1 heterocycles. The van der Waals surface area contributed by atoms with Gasteiger partial charge in [0.05, 0.1) is 22.7 Å². The lowest BCUT2D eigenvalue weighted by Gasteiger charge is -2.24. The summed E-state index contributed by atoms with van der Waals surface area (Å²) < 4.78 is 32.4. The molecule has 0 atom stereocenters. The molecule has 0 aliphatic rings. The Bertz CT molecular complexity index is 1010. The van der Waals surface area contributed by atoms with Crippen LogP contribution in [0.3, 0.4) is 0 Å². The van der Waals surface area contributed by atoms with Gasteiger partial charge in [-0.2, -0.15) is 0 Å². The third kappa shape index (κ3) is 3.52. The third-order valence-corrected chi connectivity index (χ3v) is 5.56. The summed E-state index contributed by atoms with van der Waals surface area (Å²) >= 11 is 0. The van der Waals surface area contributed by atoms with Crippen LogP contribution in [0.5, 0.6) is 0 Å². The number of fused-ring (bicyclic) bond motifs is 1. The molecule has 0 aliphatic carbocycles. The minimum absolute atomic E-state index is 0.0947. The van der Waals surface area contributed by atoms with Gasteiger partial charge in [-0.15, -0.1) is 0 Å². The molecule has 0 unspecified atom stereocenters. The zero-order chi connectivity index (χ0) is 18.6. The van der Waals surface area contributed by atoms with Crippen molar-refractivity contribution in [1.29, 1.82) is 0 Å². The quantitative estimate of drug-likeness (QED) is 0.624. The maximum atomic E-state index is 13.2. The van der Waals surface area contributed by atoms with Gasteiger partial charge < -0.3 is 4.74 Å². The number of hydrogen-bond acceptors (Lipinski definition) is 5. The van der Waals surface area contributed by atoms with Gasteiger partial charge in [0.2, 0.25) is 0 Å². The highest BCUT2D eigenvalue weighted by Crippen LogP contribution is 2.29. The molecule has 0 N–H and O–H groups in total. The van der Waals surface area contributed by atoms with Crippen molar-refractivity contribution in [3.05, 3.63) is 66.9 Å². The predicted molar refractivity (Wildman–Crippen MR) is 99.3 cm³/mol. The Kier molecular flexibility index (Phi) is 5.18. The van der Waals surface area contributed by atoms with Crippen molar-refractivity contribution in [2.45, 2.75) is 11.8 Å². The molecule has 0 radical (unpaired) electrons. The fraction of sp³-hybridized carbons (Fsp3) is 0.158. The summed E-state index contributed by atoms with van der Waals surface area (Å²) in [6.07, 6.45) is 1.59. The van der Waals surface area contributed by atoms with Crippen molar-refractivity contribution in [2.24, 2.45) is 0 Å². The van der Waals surface area contributed by atoms with Crippen molar-refractivity contribution in [2.75, 3.05) is 17.5 Å². The summed E-state index contributed by atoms with van der Waals surface area (Å²) in [6, 6.07) is 16.8. The Morgan fingerprint density at radius 1 is 1.04 bits per heavy atom. The number of aromatic nitrogens is 1. The van der Waals surface area contributed by atoms with Gasteiger partial charge in [0, 0.05) is 11.6 Å². The summed E-state index contributed by atoms with van der Waals surface area (Å²) in [5, 5.41) is 0.780. The molecule has 134 valence electrons. The fourth-order valence-electron chi connectivity index (χ4n) is 2.63. The van der Waals surface area contributed by atoms with Gasteiger partial charge in [0.25, 0.3) is 10.0 Å². The summed E-state index contributed by atoms with van der Waals surface area (Å²) in [6.45, 7) is 1.42. The number of para-hydroxylation sites is 1. The van der Waals surface area contributed by atoms with Crippen LogP contribution in [0.15, 0.2) is 71.8 Å². The zero-order valence-electron chi connectivity index (χ0n) is 14.2. The first kappa shape index (κ1) is 17.9. The Hall–Kier alpha value is -2.93. The average molecular weight is 370 g/mol. The van der Waals surface area contributed by atoms with Crippen molar-refractivity contribution in [3.63, 3.8) is 0 Å². The first-order chi connectivity index (χ1) is 12.5. The SMILES string of the molecule is CCOC(=O)CN(c1cccc2cccnc12)S(=O)(=O)c1ccccc1. The number of sulfonamides is 1. The van der Waals surface area contributed by atoms with Crippen molar-refractivity contribution >= 4 is 32.6 Å². The molecule has 0 saturated heterocycles. The topological polar surface area (TPSA) is 76.6 Å². The van der Waals surface area contributed by atoms with Gasteiger partial charge in [-0.05, 0) is 31.2 Å². The molecular formula is C19H18N2O4S. The highest BCUT2D eigenvalue weighted by Gasteiger charge is 2.29. The van der Waals surface area contributed by atoms with E-state index in [1.165, 1.54) is 12.1 Å². The Labute approximate surface area is 152 Å². The van der Waals surface area contributed by atoms with Gasteiger partial charge in [-0.3, -0.25) is 14.1 Å². The van der Waals surface area contributed by atoms with Crippen LogP contribution in [0, 0.1) is 0 Å². The van der Waals surface area contributed by atoms with E-state index < -0.39 is 22.5 Å². The van der Waals surface area contributed by atoms with Gasteiger partial charge >= 0.3 is 5.97 Å². The smallest absolute Gasteiger partial charge is 0.326 e. The Balaban J connectivity index is 2.16. The Morgan fingerprint density at radius 2 is 1.77 bits per heavy atom. The molecule has 1 aromatic heterocycles. The molecule has 0 bridgehead atoms. The number of anilines is 1. The van der Waals surface area contributed by atoms with Crippen LogP contribution in [0.1, 0.15) is 6.92 Å². The van der Waals surface area contributed by atoms with E-state index in [4.69, 9.17) is 4.74 Å². The number of esters is 1. The number of pyridine rings is 1. The van der Waals surface area contributed by atoms with E-state index in [2.05, 4.69) is 4.98 Å². The number of hydrogen-bond donors (Lipinski definition) is 0. The lowest BCUT2D eigenvalue weighted by atomic mass is 10.2. The second kappa shape index (κ2) is 7.53. The second-order valence-electron chi connectivity index (χ2n) is 5.48. The van der Waals surface area contributed by atoms with Crippen LogP contribution in [0.25, 0.3) is 10.9 Å². The van der Waals surface area contributed by atoms with Crippen LogP contribution < -0.4 is 4.31 Å². The molecule has 0 saturated carbocycles. The zero-order valence-corrected chi connectivity index (χ0v) is 15.0. The number of benzene rings is 2. The first-order valence-corrected chi connectivity index (χ1v) is 9.55. The lowest BCUT2D eigenvalue weighted by Crippen LogP contribution is -2.36. The van der Waals surface area contributed by atoms with E-state index in [0.29, 0.717) is 11.2 Å². The second-order valence-corrected chi connectivity index (χ2v) is 7.34. The molecule has 0 spiro atoms.